The molecule has 2 aromatic rings. The van der Waals surface area contributed by atoms with Crippen molar-refractivity contribution in [3.63, 3.8) is 0 Å². The third-order valence-corrected chi connectivity index (χ3v) is 5.93. The molecule has 2 nitrogen and oxygen atoms in total. The van der Waals surface area contributed by atoms with Gasteiger partial charge in [-0.1, -0.05) is 45.7 Å². The first kappa shape index (κ1) is 17.0. The summed E-state index contributed by atoms with van der Waals surface area (Å²) in [5, 5.41) is 0.656. The van der Waals surface area contributed by atoms with E-state index in [0.717, 1.165) is 26.7 Å². The lowest BCUT2D eigenvalue weighted by atomic mass is 9.83. The summed E-state index contributed by atoms with van der Waals surface area (Å²) < 4.78 is 31.3. The smallest absolute Gasteiger partial charge is 0.387 e. The highest BCUT2D eigenvalue weighted by Crippen LogP contribution is 2.56. The molecular weight excluding hydrogens is 412 g/mol. The van der Waals surface area contributed by atoms with Crippen LogP contribution < -0.4 is 10.5 Å². The van der Waals surface area contributed by atoms with E-state index < -0.39 is 6.61 Å². The molecule has 6 heteroatoms. The average molecular weight is 427 g/mol. The Labute approximate surface area is 157 Å². The zero-order valence-electron chi connectivity index (χ0n) is 13.1. The third-order valence-electron chi connectivity index (χ3n) is 5.00. The van der Waals surface area contributed by atoms with Gasteiger partial charge in [-0.15, -0.1) is 0 Å². The Balaban J connectivity index is 1.84. The number of rotatable bonds is 3. The van der Waals surface area contributed by atoms with Crippen LogP contribution in [-0.2, 0) is 0 Å². The van der Waals surface area contributed by atoms with Gasteiger partial charge < -0.3 is 10.5 Å². The van der Waals surface area contributed by atoms with Crippen molar-refractivity contribution in [2.24, 2.45) is 5.73 Å². The summed E-state index contributed by atoms with van der Waals surface area (Å²) in [4.78, 5) is 0. The van der Waals surface area contributed by atoms with E-state index in [1.54, 1.807) is 12.1 Å². The van der Waals surface area contributed by atoms with Crippen LogP contribution in [0.3, 0.4) is 0 Å². The van der Waals surface area contributed by atoms with Crippen LogP contribution in [0, 0.1) is 0 Å². The van der Waals surface area contributed by atoms with Gasteiger partial charge in [-0.2, -0.15) is 8.78 Å². The molecule has 130 valence electrons. The molecule has 25 heavy (non-hydrogen) atoms. The standard InChI is InChI=1S/C19H15BrClF2NO/c20-14-2-1-3-16(25-19(22)23)18(14)13-8-15(24)12-6-9-4-5-10(21)7-11(9)17(12)13/h1-7,13,15,17,19H,8,24H2/t13-,15+,17?/m0/s1. The second-order valence-electron chi connectivity index (χ2n) is 6.37. The second-order valence-corrected chi connectivity index (χ2v) is 7.66. The van der Waals surface area contributed by atoms with Crippen molar-refractivity contribution >= 4 is 33.6 Å². The monoisotopic (exact) mass is 425 g/mol. The van der Waals surface area contributed by atoms with E-state index in [-0.39, 0.29) is 23.6 Å². The van der Waals surface area contributed by atoms with E-state index >= 15 is 0 Å². The second kappa shape index (κ2) is 6.38. The highest BCUT2D eigenvalue weighted by Gasteiger charge is 2.44. The summed E-state index contributed by atoms with van der Waals surface area (Å²) in [7, 11) is 0. The lowest BCUT2D eigenvalue weighted by Gasteiger charge is -2.23. The zero-order valence-corrected chi connectivity index (χ0v) is 15.4. The molecule has 2 aliphatic rings. The van der Waals surface area contributed by atoms with Crippen molar-refractivity contribution in [1.82, 2.24) is 0 Å². The Morgan fingerprint density at radius 1 is 1.24 bits per heavy atom. The van der Waals surface area contributed by atoms with Gasteiger partial charge in [0.05, 0.1) is 0 Å². The number of ether oxygens (including phenoxy) is 1. The summed E-state index contributed by atoms with van der Waals surface area (Å²) in [6.07, 6.45) is 2.77. The summed E-state index contributed by atoms with van der Waals surface area (Å²) >= 11 is 9.69. The first-order chi connectivity index (χ1) is 12.0. The lowest BCUT2D eigenvalue weighted by Crippen LogP contribution is -2.17. The maximum absolute atomic E-state index is 12.9. The Morgan fingerprint density at radius 2 is 2.04 bits per heavy atom. The Kier molecular flexibility index (Phi) is 4.34. The normalized spacial score (nSPS) is 24.2. The van der Waals surface area contributed by atoms with Crippen LogP contribution in [-0.4, -0.2) is 12.7 Å². The summed E-state index contributed by atoms with van der Waals surface area (Å²) in [5.74, 6) is 0.172. The van der Waals surface area contributed by atoms with E-state index in [9.17, 15) is 8.78 Å². The van der Waals surface area contributed by atoms with Crippen molar-refractivity contribution in [3.8, 4) is 5.75 Å². The molecule has 1 unspecified atom stereocenters. The first-order valence-electron chi connectivity index (χ1n) is 7.95. The van der Waals surface area contributed by atoms with Gasteiger partial charge in [0.2, 0.25) is 0 Å². The van der Waals surface area contributed by atoms with Gasteiger partial charge in [0.15, 0.2) is 0 Å². The quantitative estimate of drug-likeness (QED) is 0.683. The highest BCUT2D eigenvalue weighted by molar-refractivity contribution is 9.10. The molecule has 0 saturated heterocycles. The molecule has 4 rings (SSSR count). The number of nitrogens with two attached hydrogens (primary N) is 1. The van der Waals surface area contributed by atoms with Crippen LogP contribution in [0.25, 0.3) is 6.08 Å². The van der Waals surface area contributed by atoms with Crippen molar-refractivity contribution in [3.05, 3.63) is 68.2 Å². The van der Waals surface area contributed by atoms with Crippen LogP contribution in [0.2, 0.25) is 5.02 Å². The largest absolute Gasteiger partial charge is 0.434 e. The molecule has 0 bridgehead atoms. The number of halogens is 4. The molecule has 3 atom stereocenters. The van der Waals surface area contributed by atoms with Gasteiger partial charge in [-0.05, 0) is 47.4 Å². The fourth-order valence-electron chi connectivity index (χ4n) is 4.09. The first-order valence-corrected chi connectivity index (χ1v) is 9.12. The van der Waals surface area contributed by atoms with E-state index in [0.29, 0.717) is 11.4 Å². The van der Waals surface area contributed by atoms with Gasteiger partial charge in [-0.25, -0.2) is 0 Å². The molecule has 0 aromatic heterocycles. The number of alkyl halides is 2. The van der Waals surface area contributed by atoms with Crippen molar-refractivity contribution in [1.29, 1.82) is 0 Å². The Hall–Kier alpha value is -1.43. The molecule has 2 aliphatic carbocycles. The predicted molar refractivity (Wildman–Crippen MR) is 98.3 cm³/mol. The lowest BCUT2D eigenvalue weighted by molar-refractivity contribution is -0.0507. The highest BCUT2D eigenvalue weighted by atomic mass is 79.9. The Morgan fingerprint density at radius 3 is 2.80 bits per heavy atom. The maximum Gasteiger partial charge on any atom is 0.387 e. The number of hydrogen-bond donors (Lipinski definition) is 1. The Bertz CT molecular complexity index is 870. The minimum atomic E-state index is -2.87. The van der Waals surface area contributed by atoms with Crippen molar-refractivity contribution in [2.75, 3.05) is 0 Å². The van der Waals surface area contributed by atoms with Gasteiger partial charge in [0.1, 0.15) is 5.75 Å². The third kappa shape index (κ3) is 2.88. The molecule has 0 radical (unpaired) electrons. The van der Waals surface area contributed by atoms with Crippen LogP contribution in [0.4, 0.5) is 8.78 Å². The molecule has 2 aromatic carbocycles. The van der Waals surface area contributed by atoms with E-state index in [4.69, 9.17) is 22.1 Å². The SMILES string of the molecule is N[C@@H]1C[C@H](c2c(Br)cccc2OC(F)F)C2C1=Cc1ccc(Cl)cc12. The fourth-order valence-corrected chi connectivity index (χ4v) is 4.91. The van der Waals surface area contributed by atoms with Crippen molar-refractivity contribution < 1.29 is 13.5 Å². The number of fused-ring (bicyclic) bond motifs is 3. The average Bonchev–Trinajstić information content (AvgIpc) is 3.05. The van der Waals surface area contributed by atoms with Gasteiger partial charge in [-0.3, -0.25) is 0 Å². The van der Waals surface area contributed by atoms with Crippen LogP contribution in [0.15, 0.2) is 46.4 Å². The number of hydrogen-bond acceptors (Lipinski definition) is 2. The summed E-state index contributed by atoms with van der Waals surface area (Å²) in [6.45, 7) is -2.87. The maximum atomic E-state index is 12.9. The summed E-state index contributed by atoms with van der Waals surface area (Å²) in [5.41, 5.74) is 10.4. The van der Waals surface area contributed by atoms with Crippen LogP contribution in [0.5, 0.6) is 5.75 Å². The van der Waals surface area contributed by atoms with Gasteiger partial charge in [0, 0.05) is 32.9 Å². The molecule has 0 aliphatic heterocycles. The minimum Gasteiger partial charge on any atom is -0.434 e. The zero-order chi connectivity index (χ0) is 17.7. The van der Waals surface area contributed by atoms with Crippen LogP contribution >= 0.6 is 27.5 Å². The van der Waals surface area contributed by atoms with Gasteiger partial charge >= 0.3 is 6.61 Å². The van der Waals surface area contributed by atoms with Crippen LogP contribution in [0.1, 0.15) is 34.9 Å². The molecular formula is C19H15BrClF2NO. The molecule has 1 saturated carbocycles. The molecule has 0 amide bonds. The minimum absolute atomic E-state index is 0.0300. The van der Waals surface area contributed by atoms with E-state index in [1.807, 2.05) is 24.3 Å². The van der Waals surface area contributed by atoms with E-state index in [1.165, 1.54) is 0 Å². The van der Waals surface area contributed by atoms with E-state index in [2.05, 4.69) is 22.0 Å². The number of benzene rings is 2. The van der Waals surface area contributed by atoms with Gasteiger partial charge in [0.25, 0.3) is 0 Å². The molecule has 0 spiro atoms. The topological polar surface area (TPSA) is 35.2 Å². The predicted octanol–water partition coefficient (Wildman–Crippen LogP) is 5.70. The fraction of sp³-hybridized carbons (Fsp3) is 0.263. The summed E-state index contributed by atoms with van der Waals surface area (Å²) in [6, 6.07) is 10.8. The van der Waals surface area contributed by atoms with Crippen molar-refractivity contribution in [2.45, 2.75) is 30.9 Å². The molecule has 2 N–H and O–H groups in total. The molecule has 0 heterocycles. The molecule has 1 fully saturated rings.